The Morgan fingerprint density at radius 2 is 2.15 bits per heavy atom. The van der Waals surface area contributed by atoms with Crippen molar-refractivity contribution in [3.63, 3.8) is 0 Å². The maximum absolute atomic E-state index is 12.2. The fraction of sp³-hybridized carbons (Fsp3) is 0.556. The Kier molecular flexibility index (Phi) is 6.59. The number of carbonyl (C=O) groups is 2. The summed E-state index contributed by atoms with van der Waals surface area (Å²) >= 11 is 0. The van der Waals surface area contributed by atoms with Gasteiger partial charge in [0.1, 0.15) is 6.26 Å². The second-order valence-corrected chi connectivity index (χ2v) is 6.84. The minimum absolute atomic E-state index is 0.0739. The van der Waals surface area contributed by atoms with E-state index in [-0.39, 0.29) is 29.6 Å². The second kappa shape index (κ2) is 9.31. The van der Waals surface area contributed by atoms with Gasteiger partial charge in [0, 0.05) is 50.5 Å². The molecule has 0 aromatic carbocycles. The molecule has 2 N–H and O–H groups in total. The van der Waals surface area contributed by atoms with E-state index in [1.54, 1.807) is 12.5 Å². The largest absolute Gasteiger partial charge is 0.451 e. The lowest BCUT2D eigenvalue weighted by molar-refractivity contribution is -0.122. The van der Waals surface area contributed by atoms with Crippen molar-refractivity contribution in [1.82, 2.24) is 30.1 Å². The third-order valence-electron chi connectivity index (χ3n) is 5.04. The fourth-order valence-electron chi connectivity index (χ4n) is 3.40. The van der Waals surface area contributed by atoms with Crippen molar-refractivity contribution in [2.24, 2.45) is 0 Å². The van der Waals surface area contributed by atoms with Crippen molar-refractivity contribution >= 4 is 11.8 Å². The summed E-state index contributed by atoms with van der Waals surface area (Å²) in [5.41, 5.74) is 0.280. The third-order valence-corrected chi connectivity index (χ3v) is 5.04. The normalized spacial score (nSPS) is 19.9. The van der Waals surface area contributed by atoms with Gasteiger partial charge in [-0.05, 0) is 26.3 Å². The molecule has 3 heterocycles. The van der Waals surface area contributed by atoms with Gasteiger partial charge in [-0.2, -0.15) is 0 Å². The summed E-state index contributed by atoms with van der Waals surface area (Å²) in [6, 6.07) is 0.424. The van der Waals surface area contributed by atoms with E-state index in [2.05, 4.69) is 25.5 Å². The first-order chi connectivity index (χ1) is 13.1. The first kappa shape index (κ1) is 19.1. The van der Waals surface area contributed by atoms with Gasteiger partial charge in [0.05, 0.1) is 6.33 Å². The van der Waals surface area contributed by atoms with Crippen LogP contribution in [0, 0.1) is 0 Å². The van der Waals surface area contributed by atoms with Crippen LogP contribution in [0.5, 0.6) is 0 Å². The Morgan fingerprint density at radius 1 is 1.30 bits per heavy atom. The number of oxazole rings is 1. The van der Waals surface area contributed by atoms with E-state index in [1.807, 2.05) is 17.8 Å². The first-order valence-electron chi connectivity index (χ1n) is 9.24. The number of rotatable bonds is 9. The summed E-state index contributed by atoms with van der Waals surface area (Å²) in [5.74, 6) is -0.166. The second-order valence-electron chi connectivity index (χ2n) is 6.84. The number of likely N-dealkylation sites (N-methyl/N-ethyl adjacent to an activating group) is 1. The number of amides is 2. The predicted octanol–water partition coefficient (Wildman–Crippen LogP) is 0.660. The molecule has 2 aromatic rings. The molecule has 1 saturated heterocycles. The maximum Gasteiger partial charge on any atom is 0.273 e. The minimum atomic E-state index is -0.240. The number of imidazole rings is 1. The Bertz CT molecular complexity index is 716. The van der Waals surface area contributed by atoms with Gasteiger partial charge in [0.25, 0.3) is 5.91 Å². The molecular formula is C18H26N6O3. The topological polar surface area (TPSA) is 105 Å². The van der Waals surface area contributed by atoms with Crippen LogP contribution in [0.25, 0.3) is 0 Å². The van der Waals surface area contributed by atoms with Gasteiger partial charge in [0.15, 0.2) is 12.1 Å². The standard InChI is InChI=1S/C18H26N6O3/c1-23-14(9-17(25)20-5-2-7-24-8-6-19-12-24)3-4-15(23)10-21-18(26)16-11-27-13-22-16/h6,8,11-15H,2-5,7,9-10H2,1H3,(H,20,25)(H,21,26)/t14-,15+/m1/s1. The average Bonchev–Trinajstić information content (AvgIpc) is 3.41. The van der Waals surface area contributed by atoms with Crippen LogP contribution in [0.15, 0.2) is 35.8 Å². The van der Waals surface area contributed by atoms with Crippen molar-refractivity contribution < 1.29 is 14.0 Å². The molecule has 0 aliphatic carbocycles. The number of nitrogens with one attached hydrogen (secondary N) is 2. The van der Waals surface area contributed by atoms with Gasteiger partial charge < -0.3 is 19.6 Å². The van der Waals surface area contributed by atoms with Gasteiger partial charge in [-0.1, -0.05) is 0 Å². The molecule has 9 heteroatoms. The van der Waals surface area contributed by atoms with Crippen molar-refractivity contribution in [3.05, 3.63) is 37.1 Å². The van der Waals surface area contributed by atoms with Crippen LogP contribution in [0.1, 0.15) is 36.2 Å². The molecule has 9 nitrogen and oxygen atoms in total. The summed E-state index contributed by atoms with van der Waals surface area (Å²) in [6.07, 6.45) is 11.3. The van der Waals surface area contributed by atoms with E-state index in [4.69, 9.17) is 4.42 Å². The quantitative estimate of drug-likeness (QED) is 0.625. The fourth-order valence-corrected chi connectivity index (χ4v) is 3.40. The maximum atomic E-state index is 12.2. The van der Waals surface area contributed by atoms with Crippen molar-refractivity contribution in [2.75, 3.05) is 20.1 Å². The molecule has 0 bridgehead atoms. The number of likely N-dealkylation sites (tertiary alicyclic amines) is 1. The lowest BCUT2D eigenvalue weighted by Gasteiger charge is -2.25. The average molecular weight is 374 g/mol. The Hall–Kier alpha value is -2.68. The van der Waals surface area contributed by atoms with E-state index >= 15 is 0 Å². The summed E-state index contributed by atoms with van der Waals surface area (Å²) in [4.78, 5) is 34.1. The molecular weight excluding hydrogens is 348 g/mol. The minimum Gasteiger partial charge on any atom is -0.451 e. The highest BCUT2D eigenvalue weighted by Crippen LogP contribution is 2.24. The Balaban J connectivity index is 1.33. The molecule has 0 unspecified atom stereocenters. The number of carbonyl (C=O) groups excluding carboxylic acids is 2. The smallest absolute Gasteiger partial charge is 0.273 e. The molecule has 146 valence electrons. The lowest BCUT2D eigenvalue weighted by Crippen LogP contribution is -2.42. The number of hydrogen-bond donors (Lipinski definition) is 2. The van der Waals surface area contributed by atoms with Gasteiger partial charge in [-0.15, -0.1) is 0 Å². The highest BCUT2D eigenvalue weighted by atomic mass is 16.3. The van der Waals surface area contributed by atoms with Crippen molar-refractivity contribution in [2.45, 2.75) is 44.3 Å². The Morgan fingerprint density at radius 3 is 2.89 bits per heavy atom. The number of aryl methyl sites for hydroxylation is 1. The molecule has 1 aliphatic rings. The molecule has 2 amide bonds. The molecule has 0 saturated carbocycles. The number of nitrogens with zero attached hydrogens (tertiary/aromatic N) is 4. The van der Waals surface area contributed by atoms with Crippen molar-refractivity contribution in [1.29, 1.82) is 0 Å². The highest BCUT2D eigenvalue weighted by molar-refractivity contribution is 5.91. The molecule has 27 heavy (non-hydrogen) atoms. The van der Waals surface area contributed by atoms with Gasteiger partial charge in [-0.25, -0.2) is 9.97 Å². The van der Waals surface area contributed by atoms with Crippen LogP contribution >= 0.6 is 0 Å². The zero-order valence-corrected chi connectivity index (χ0v) is 15.5. The summed E-state index contributed by atoms with van der Waals surface area (Å²) < 4.78 is 6.81. The zero-order chi connectivity index (χ0) is 19.1. The number of hydrogen-bond acceptors (Lipinski definition) is 6. The van der Waals surface area contributed by atoms with Crippen LogP contribution in [0.2, 0.25) is 0 Å². The molecule has 0 radical (unpaired) electrons. The zero-order valence-electron chi connectivity index (χ0n) is 15.5. The molecule has 2 atom stereocenters. The van der Waals surface area contributed by atoms with Crippen molar-refractivity contribution in [3.8, 4) is 0 Å². The molecule has 1 aliphatic heterocycles. The third kappa shape index (κ3) is 5.40. The SMILES string of the molecule is CN1[C@@H](CC(=O)NCCCn2ccnc2)CC[C@H]1CNC(=O)c1cocn1. The number of aromatic nitrogens is 3. The monoisotopic (exact) mass is 374 g/mol. The van der Waals surface area contributed by atoms with Crippen LogP contribution in [-0.4, -0.2) is 63.5 Å². The summed E-state index contributed by atoms with van der Waals surface area (Å²) in [5, 5.41) is 5.86. The van der Waals surface area contributed by atoms with Crippen LogP contribution in [-0.2, 0) is 11.3 Å². The van der Waals surface area contributed by atoms with E-state index < -0.39 is 0 Å². The highest BCUT2D eigenvalue weighted by Gasteiger charge is 2.31. The Labute approximate surface area is 158 Å². The first-order valence-corrected chi connectivity index (χ1v) is 9.24. The summed E-state index contributed by atoms with van der Waals surface area (Å²) in [6.45, 7) is 2.03. The van der Waals surface area contributed by atoms with E-state index in [0.29, 0.717) is 19.5 Å². The van der Waals surface area contributed by atoms with E-state index in [1.165, 1.54) is 12.7 Å². The van der Waals surface area contributed by atoms with Crippen LogP contribution in [0.4, 0.5) is 0 Å². The van der Waals surface area contributed by atoms with Crippen LogP contribution in [0.3, 0.4) is 0 Å². The molecule has 0 spiro atoms. The lowest BCUT2D eigenvalue weighted by atomic mass is 10.1. The van der Waals surface area contributed by atoms with E-state index in [9.17, 15) is 9.59 Å². The van der Waals surface area contributed by atoms with Gasteiger partial charge in [-0.3, -0.25) is 14.5 Å². The van der Waals surface area contributed by atoms with Gasteiger partial charge >= 0.3 is 0 Å². The van der Waals surface area contributed by atoms with Gasteiger partial charge in [0.2, 0.25) is 5.91 Å². The molecule has 2 aromatic heterocycles. The summed E-state index contributed by atoms with van der Waals surface area (Å²) in [7, 11) is 2.01. The molecule has 3 rings (SSSR count). The van der Waals surface area contributed by atoms with E-state index in [0.717, 1.165) is 25.8 Å². The predicted molar refractivity (Wildman–Crippen MR) is 97.9 cm³/mol. The molecule has 1 fully saturated rings. The van der Waals surface area contributed by atoms with Crippen LogP contribution < -0.4 is 10.6 Å².